The molecule has 1 aromatic heterocycles. The second kappa shape index (κ2) is 3.77. The highest BCUT2D eigenvalue weighted by Crippen LogP contribution is 2.35. The van der Waals surface area contributed by atoms with Gasteiger partial charge in [0.15, 0.2) is 0 Å². The molecule has 2 atom stereocenters. The lowest BCUT2D eigenvalue weighted by Crippen LogP contribution is -2.24. The number of aliphatic hydroxyl groups excluding tert-OH is 1. The molecule has 1 aliphatic carbocycles. The van der Waals surface area contributed by atoms with Crippen molar-refractivity contribution in [3.63, 3.8) is 0 Å². The average molecular weight is 223 g/mol. The van der Waals surface area contributed by atoms with Gasteiger partial charge in [0.1, 0.15) is 5.82 Å². The van der Waals surface area contributed by atoms with Gasteiger partial charge >= 0.3 is 0 Å². The minimum Gasteiger partial charge on any atom is -0.393 e. The van der Waals surface area contributed by atoms with Gasteiger partial charge in [0.05, 0.1) is 17.3 Å². The van der Waals surface area contributed by atoms with Crippen LogP contribution in [0.2, 0.25) is 0 Å². The summed E-state index contributed by atoms with van der Waals surface area (Å²) >= 11 is 0. The third kappa shape index (κ3) is 2.07. The zero-order chi connectivity index (χ0) is 11.9. The summed E-state index contributed by atoms with van der Waals surface area (Å²) in [4.78, 5) is 0. The van der Waals surface area contributed by atoms with E-state index >= 15 is 0 Å². The van der Waals surface area contributed by atoms with Crippen molar-refractivity contribution in [2.75, 3.05) is 5.73 Å². The lowest BCUT2D eigenvalue weighted by atomic mass is 10.0. The summed E-state index contributed by atoms with van der Waals surface area (Å²) in [6.45, 7) is 6.26. The van der Waals surface area contributed by atoms with Gasteiger partial charge in [-0.3, -0.25) is 0 Å². The monoisotopic (exact) mass is 223 g/mol. The van der Waals surface area contributed by atoms with E-state index in [9.17, 15) is 5.11 Å². The second-order valence-corrected chi connectivity index (χ2v) is 5.74. The predicted molar refractivity (Wildman–Crippen MR) is 64.2 cm³/mol. The zero-order valence-corrected chi connectivity index (χ0v) is 10.3. The van der Waals surface area contributed by atoms with Gasteiger partial charge in [0.2, 0.25) is 0 Å². The molecular weight excluding hydrogens is 202 g/mol. The van der Waals surface area contributed by atoms with Crippen LogP contribution in [0.5, 0.6) is 0 Å². The quantitative estimate of drug-likeness (QED) is 0.763. The Morgan fingerprint density at radius 2 is 2.12 bits per heavy atom. The highest BCUT2D eigenvalue weighted by Gasteiger charge is 2.28. The summed E-state index contributed by atoms with van der Waals surface area (Å²) in [5, 5.41) is 14.1. The van der Waals surface area contributed by atoms with Crippen LogP contribution in [0.15, 0.2) is 6.07 Å². The van der Waals surface area contributed by atoms with Crippen LogP contribution in [-0.2, 0) is 5.54 Å². The molecule has 1 fully saturated rings. The molecule has 90 valence electrons. The largest absolute Gasteiger partial charge is 0.393 e. The van der Waals surface area contributed by atoms with Crippen molar-refractivity contribution < 1.29 is 5.11 Å². The van der Waals surface area contributed by atoms with E-state index in [-0.39, 0.29) is 11.6 Å². The third-order valence-electron chi connectivity index (χ3n) is 3.21. The summed E-state index contributed by atoms with van der Waals surface area (Å²) in [5.41, 5.74) is 6.92. The summed E-state index contributed by atoms with van der Waals surface area (Å²) < 4.78 is 1.87. The topological polar surface area (TPSA) is 64.1 Å². The van der Waals surface area contributed by atoms with Crippen molar-refractivity contribution >= 4 is 5.82 Å². The SMILES string of the molecule is CC(C)(C)n1nc([C@H]2CC[C@@H](O)C2)cc1N. The lowest BCUT2D eigenvalue weighted by molar-refractivity contribution is 0.181. The summed E-state index contributed by atoms with van der Waals surface area (Å²) in [5.74, 6) is 1.09. The molecule has 0 amide bonds. The van der Waals surface area contributed by atoms with E-state index in [2.05, 4.69) is 25.9 Å². The van der Waals surface area contributed by atoms with Crippen LogP contribution in [0, 0.1) is 0 Å². The minimum absolute atomic E-state index is 0.0838. The Balaban J connectivity index is 2.24. The molecule has 0 unspecified atom stereocenters. The molecule has 0 aromatic carbocycles. The minimum atomic E-state index is -0.161. The Morgan fingerprint density at radius 3 is 2.56 bits per heavy atom. The van der Waals surface area contributed by atoms with E-state index in [4.69, 9.17) is 5.73 Å². The van der Waals surface area contributed by atoms with Crippen molar-refractivity contribution in [2.24, 2.45) is 0 Å². The van der Waals surface area contributed by atoms with Crippen molar-refractivity contribution in [3.8, 4) is 0 Å². The van der Waals surface area contributed by atoms with E-state index in [1.165, 1.54) is 0 Å². The van der Waals surface area contributed by atoms with Crippen molar-refractivity contribution in [2.45, 2.75) is 57.6 Å². The molecule has 4 nitrogen and oxygen atoms in total. The van der Waals surface area contributed by atoms with Crippen LogP contribution < -0.4 is 5.73 Å². The van der Waals surface area contributed by atoms with Gasteiger partial charge in [-0.25, -0.2) is 4.68 Å². The summed E-state index contributed by atoms with van der Waals surface area (Å²) in [6.07, 6.45) is 2.56. The van der Waals surface area contributed by atoms with E-state index in [1.807, 2.05) is 10.7 Å². The fourth-order valence-corrected chi connectivity index (χ4v) is 2.38. The molecule has 0 spiro atoms. The van der Waals surface area contributed by atoms with Gasteiger partial charge in [0, 0.05) is 12.0 Å². The Hall–Kier alpha value is -1.03. The molecule has 3 N–H and O–H groups in total. The molecule has 2 rings (SSSR count). The van der Waals surface area contributed by atoms with Gasteiger partial charge in [-0.15, -0.1) is 0 Å². The molecule has 0 radical (unpaired) electrons. The molecule has 0 saturated heterocycles. The molecule has 0 bridgehead atoms. The van der Waals surface area contributed by atoms with Crippen molar-refractivity contribution in [3.05, 3.63) is 11.8 Å². The standard InChI is InChI=1S/C12H21N3O/c1-12(2,3)15-11(13)7-10(14-15)8-4-5-9(16)6-8/h7-9,16H,4-6,13H2,1-3H3/t8-,9+/m0/s1. The normalized spacial score (nSPS) is 26.2. The maximum absolute atomic E-state index is 9.53. The maximum Gasteiger partial charge on any atom is 0.122 e. The predicted octanol–water partition coefficient (Wildman–Crippen LogP) is 1.85. The molecule has 1 aromatic rings. The number of nitrogen functional groups attached to an aromatic ring is 1. The van der Waals surface area contributed by atoms with Crippen LogP contribution in [0.1, 0.15) is 51.6 Å². The fourth-order valence-electron chi connectivity index (χ4n) is 2.38. The molecule has 16 heavy (non-hydrogen) atoms. The molecule has 4 heteroatoms. The number of aliphatic hydroxyl groups is 1. The maximum atomic E-state index is 9.53. The number of aromatic nitrogens is 2. The molecule has 1 heterocycles. The Morgan fingerprint density at radius 1 is 1.44 bits per heavy atom. The Bertz CT molecular complexity index is 378. The van der Waals surface area contributed by atoms with E-state index in [0.717, 1.165) is 25.0 Å². The summed E-state index contributed by atoms with van der Waals surface area (Å²) in [6, 6.07) is 1.95. The van der Waals surface area contributed by atoms with Gasteiger partial charge in [-0.1, -0.05) is 0 Å². The first-order chi connectivity index (χ1) is 7.38. The van der Waals surface area contributed by atoms with E-state index in [1.54, 1.807) is 0 Å². The lowest BCUT2D eigenvalue weighted by Gasteiger charge is -2.20. The summed E-state index contributed by atoms with van der Waals surface area (Å²) in [7, 11) is 0. The second-order valence-electron chi connectivity index (χ2n) is 5.74. The van der Waals surface area contributed by atoms with Gasteiger partial charge in [-0.05, 0) is 40.0 Å². The van der Waals surface area contributed by atoms with Crippen molar-refractivity contribution in [1.29, 1.82) is 0 Å². The van der Waals surface area contributed by atoms with Crippen LogP contribution in [0.3, 0.4) is 0 Å². The number of anilines is 1. The van der Waals surface area contributed by atoms with Crippen LogP contribution in [0.25, 0.3) is 0 Å². The van der Waals surface area contributed by atoms with Gasteiger partial charge < -0.3 is 10.8 Å². The first-order valence-corrected chi connectivity index (χ1v) is 5.92. The third-order valence-corrected chi connectivity index (χ3v) is 3.21. The Labute approximate surface area is 96.5 Å². The Kier molecular flexibility index (Phi) is 2.70. The zero-order valence-electron chi connectivity index (χ0n) is 10.3. The first-order valence-electron chi connectivity index (χ1n) is 5.92. The number of hydrogen-bond donors (Lipinski definition) is 2. The fraction of sp³-hybridized carbons (Fsp3) is 0.750. The van der Waals surface area contributed by atoms with Crippen LogP contribution in [-0.4, -0.2) is 21.0 Å². The van der Waals surface area contributed by atoms with E-state index in [0.29, 0.717) is 11.7 Å². The molecule has 1 saturated carbocycles. The number of nitrogens with zero attached hydrogens (tertiary/aromatic N) is 2. The van der Waals surface area contributed by atoms with Crippen LogP contribution in [0.4, 0.5) is 5.82 Å². The number of rotatable bonds is 1. The van der Waals surface area contributed by atoms with E-state index < -0.39 is 0 Å². The smallest absolute Gasteiger partial charge is 0.122 e. The number of nitrogens with two attached hydrogens (primary N) is 1. The first kappa shape index (κ1) is 11.5. The van der Waals surface area contributed by atoms with Gasteiger partial charge in [0.25, 0.3) is 0 Å². The highest BCUT2D eigenvalue weighted by atomic mass is 16.3. The average Bonchev–Trinajstić information content (AvgIpc) is 2.70. The molecular formula is C12H21N3O. The molecule has 1 aliphatic rings. The van der Waals surface area contributed by atoms with Crippen molar-refractivity contribution in [1.82, 2.24) is 9.78 Å². The number of hydrogen-bond acceptors (Lipinski definition) is 3. The van der Waals surface area contributed by atoms with Crippen LogP contribution >= 0.6 is 0 Å². The highest BCUT2D eigenvalue weighted by molar-refractivity contribution is 5.34. The van der Waals surface area contributed by atoms with Gasteiger partial charge in [-0.2, -0.15) is 5.10 Å². The molecule has 0 aliphatic heterocycles.